The molecule has 0 aliphatic carbocycles. The van der Waals surface area contributed by atoms with Gasteiger partial charge in [0.2, 0.25) is 0 Å². The van der Waals surface area contributed by atoms with Gasteiger partial charge < -0.3 is 9.66 Å². The van der Waals surface area contributed by atoms with Crippen LogP contribution in [0.4, 0.5) is 0 Å². The monoisotopic (exact) mass is 276 g/mol. The number of benzene rings is 1. The molecule has 0 saturated carbocycles. The Morgan fingerprint density at radius 3 is 2.71 bits per heavy atom. The third kappa shape index (κ3) is 2.73. The lowest BCUT2D eigenvalue weighted by Gasteiger charge is -2.10. The fraction of sp³-hybridized carbons (Fsp3) is 0.222. The minimum absolute atomic E-state index is 0.117. The molecule has 1 aromatic rings. The van der Waals surface area contributed by atoms with Crippen molar-refractivity contribution in [3.05, 3.63) is 29.8 Å². The van der Waals surface area contributed by atoms with E-state index in [4.69, 9.17) is 5.11 Å². The Hall–Kier alpha value is -0.520. The highest BCUT2D eigenvalue weighted by Gasteiger charge is 2.19. The second kappa shape index (κ2) is 5.38. The molecule has 1 aromatic carbocycles. The molecule has 1 N–H and O–H groups in total. The molecule has 3 nitrogen and oxygen atoms in total. The number of carboxylic acid groups (broad SMARTS) is 1. The third-order valence-electron chi connectivity index (χ3n) is 1.63. The van der Waals surface area contributed by atoms with Gasteiger partial charge in [-0.15, -0.1) is 0 Å². The first-order valence-corrected chi connectivity index (χ1v) is 6.37. The summed E-state index contributed by atoms with van der Waals surface area (Å²) < 4.78 is 11.6. The van der Waals surface area contributed by atoms with Crippen molar-refractivity contribution >= 4 is 33.1 Å². The summed E-state index contributed by atoms with van der Waals surface area (Å²) in [6.45, 7) is 0. The molecule has 0 fully saturated rings. The van der Waals surface area contributed by atoms with Gasteiger partial charge in [-0.2, -0.15) is 0 Å². The van der Waals surface area contributed by atoms with Crippen LogP contribution in [0, 0.1) is 0 Å². The fourth-order valence-electron chi connectivity index (χ4n) is 1.02. The van der Waals surface area contributed by atoms with Crippen molar-refractivity contribution in [1.82, 2.24) is 0 Å². The first-order valence-electron chi connectivity index (χ1n) is 3.93. The average molecular weight is 277 g/mol. The van der Waals surface area contributed by atoms with Crippen molar-refractivity contribution in [3.8, 4) is 0 Å². The molecule has 0 amide bonds. The summed E-state index contributed by atoms with van der Waals surface area (Å²) in [6.07, 6.45) is 0. The third-order valence-corrected chi connectivity index (χ3v) is 3.97. The number of halogens is 1. The van der Waals surface area contributed by atoms with Crippen LogP contribution in [0.3, 0.4) is 0 Å². The number of carbonyl (C=O) groups is 1. The SMILES string of the molecule is O=C(O)c1ccccc1[S+]([O-])CCBr. The van der Waals surface area contributed by atoms with Crippen molar-refractivity contribution < 1.29 is 14.5 Å². The number of hydrogen-bond acceptors (Lipinski definition) is 2. The second-order valence-electron chi connectivity index (χ2n) is 2.54. The highest BCUT2D eigenvalue weighted by atomic mass is 79.9. The van der Waals surface area contributed by atoms with Crippen LogP contribution in [0.1, 0.15) is 10.4 Å². The van der Waals surface area contributed by atoms with Gasteiger partial charge in [-0.3, -0.25) is 0 Å². The molecule has 76 valence electrons. The zero-order chi connectivity index (χ0) is 10.6. The number of rotatable bonds is 4. The molecular formula is C9H9BrO3S. The van der Waals surface area contributed by atoms with Crippen LogP contribution in [-0.4, -0.2) is 26.7 Å². The number of aromatic carboxylic acids is 1. The van der Waals surface area contributed by atoms with Gasteiger partial charge in [-0.25, -0.2) is 4.79 Å². The number of alkyl halides is 1. The van der Waals surface area contributed by atoms with E-state index in [0.717, 1.165) is 0 Å². The zero-order valence-electron chi connectivity index (χ0n) is 7.27. The standard InChI is InChI=1S/C9H9BrO3S/c10-5-6-14(13)8-4-2-1-3-7(8)9(11)12/h1-4H,5-6H2,(H,11,12). The van der Waals surface area contributed by atoms with Gasteiger partial charge in [0, 0.05) is 5.33 Å². The van der Waals surface area contributed by atoms with Gasteiger partial charge in [-0.1, -0.05) is 28.1 Å². The van der Waals surface area contributed by atoms with E-state index in [1.54, 1.807) is 18.2 Å². The first kappa shape index (κ1) is 11.6. The summed E-state index contributed by atoms with van der Waals surface area (Å²) in [5.74, 6) is -0.617. The molecule has 0 aromatic heterocycles. The topological polar surface area (TPSA) is 60.4 Å². The Kier molecular flexibility index (Phi) is 4.44. The summed E-state index contributed by atoms with van der Waals surface area (Å²) in [5.41, 5.74) is 0.117. The van der Waals surface area contributed by atoms with Crippen molar-refractivity contribution in [2.45, 2.75) is 4.90 Å². The number of carboxylic acids is 1. The average Bonchev–Trinajstić information content (AvgIpc) is 2.18. The molecule has 0 heterocycles. The molecule has 1 unspecified atom stereocenters. The number of hydrogen-bond donors (Lipinski definition) is 1. The van der Waals surface area contributed by atoms with Crippen LogP contribution in [-0.2, 0) is 11.2 Å². The van der Waals surface area contributed by atoms with Gasteiger partial charge in [0.25, 0.3) is 0 Å². The lowest BCUT2D eigenvalue weighted by Crippen LogP contribution is -2.12. The maximum absolute atomic E-state index is 11.6. The highest BCUT2D eigenvalue weighted by molar-refractivity contribution is 9.09. The van der Waals surface area contributed by atoms with E-state index in [9.17, 15) is 9.35 Å². The van der Waals surface area contributed by atoms with Crippen molar-refractivity contribution in [2.24, 2.45) is 0 Å². The van der Waals surface area contributed by atoms with Gasteiger partial charge in [0.1, 0.15) is 11.3 Å². The molecule has 14 heavy (non-hydrogen) atoms. The van der Waals surface area contributed by atoms with Gasteiger partial charge >= 0.3 is 5.97 Å². The lowest BCUT2D eigenvalue weighted by atomic mass is 10.2. The van der Waals surface area contributed by atoms with Crippen LogP contribution < -0.4 is 0 Å². The second-order valence-corrected chi connectivity index (χ2v) is 4.87. The van der Waals surface area contributed by atoms with Crippen molar-refractivity contribution in [2.75, 3.05) is 11.1 Å². The predicted octanol–water partition coefficient (Wildman–Crippen LogP) is 1.89. The quantitative estimate of drug-likeness (QED) is 0.675. The molecule has 5 heteroatoms. The van der Waals surface area contributed by atoms with Crippen molar-refractivity contribution in [1.29, 1.82) is 0 Å². The van der Waals surface area contributed by atoms with Crippen LogP contribution in [0.2, 0.25) is 0 Å². The highest BCUT2D eigenvalue weighted by Crippen LogP contribution is 2.17. The Balaban J connectivity index is 3.00. The van der Waals surface area contributed by atoms with Gasteiger partial charge in [0.05, 0.1) is 0 Å². The molecule has 0 radical (unpaired) electrons. The summed E-state index contributed by atoms with van der Waals surface area (Å²) in [6, 6.07) is 6.36. The van der Waals surface area contributed by atoms with Gasteiger partial charge in [0.15, 0.2) is 4.90 Å². The molecule has 0 aliphatic rings. The largest absolute Gasteiger partial charge is 0.611 e. The minimum atomic E-state index is -1.24. The van der Waals surface area contributed by atoms with E-state index in [2.05, 4.69) is 15.9 Å². The summed E-state index contributed by atoms with van der Waals surface area (Å²) in [5, 5.41) is 9.43. The molecular weight excluding hydrogens is 268 g/mol. The van der Waals surface area contributed by atoms with Gasteiger partial charge in [-0.05, 0) is 23.3 Å². The maximum Gasteiger partial charge on any atom is 0.340 e. The van der Waals surface area contributed by atoms with E-state index in [1.807, 2.05) is 0 Å². The van der Waals surface area contributed by atoms with Crippen molar-refractivity contribution in [3.63, 3.8) is 0 Å². The summed E-state index contributed by atoms with van der Waals surface area (Å²) in [4.78, 5) is 11.2. The normalized spacial score (nSPS) is 12.4. The van der Waals surface area contributed by atoms with E-state index in [-0.39, 0.29) is 5.56 Å². The summed E-state index contributed by atoms with van der Waals surface area (Å²) in [7, 11) is 0. The van der Waals surface area contributed by atoms with E-state index in [1.165, 1.54) is 6.07 Å². The summed E-state index contributed by atoms with van der Waals surface area (Å²) >= 11 is 1.93. The van der Waals surface area contributed by atoms with Crippen LogP contribution in [0.5, 0.6) is 0 Å². The minimum Gasteiger partial charge on any atom is -0.611 e. The Bertz CT molecular complexity index is 330. The van der Waals surface area contributed by atoms with E-state index < -0.39 is 17.1 Å². The van der Waals surface area contributed by atoms with Crippen LogP contribution in [0.25, 0.3) is 0 Å². The van der Waals surface area contributed by atoms with Crippen LogP contribution in [0.15, 0.2) is 29.2 Å². The maximum atomic E-state index is 11.6. The molecule has 1 atom stereocenters. The Labute approximate surface area is 93.4 Å². The molecule has 0 bridgehead atoms. The molecule has 0 aliphatic heterocycles. The lowest BCUT2D eigenvalue weighted by molar-refractivity contribution is 0.0692. The van der Waals surface area contributed by atoms with E-state index in [0.29, 0.717) is 16.0 Å². The molecule has 0 spiro atoms. The fourth-order valence-corrected chi connectivity index (χ4v) is 2.90. The smallest absolute Gasteiger partial charge is 0.340 e. The zero-order valence-corrected chi connectivity index (χ0v) is 9.68. The van der Waals surface area contributed by atoms with E-state index >= 15 is 0 Å². The van der Waals surface area contributed by atoms with Crippen LogP contribution >= 0.6 is 15.9 Å². The predicted molar refractivity (Wildman–Crippen MR) is 58.5 cm³/mol. The molecule has 0 saturated heterocycles. The molecule has 1 rings (SSSR count). The Morgan fingerprint density at radius 2 is 2.14 bits per heavy atom. The Morgan fingerprint density at radius 1 is 1.50 bits per heavy atom. The first-order chi connectivity index (χ1) is 6.66.